The molecule has 1 atom stereocenters. The van der Waals surface area contributed by atoms with Crippen LogP contribution in [0.2, 0.25) is 0 Å². The molecule has 1 aliphatic heterocycles. The molecule has 3 rings (SSSR count). The number of halogens is 2. The summed E-state index contributed by atoms with van der Waals surface area (Å²) in [6, 6.07) is 11.2. The lowest BCUT2D eigenvalue weighted by Gasteiger charge is -2.14. The van der Waals surface area contributed by atoms with Gasteiger partial charge >= 0.3 is 12.6 Å². The van der Waals surface area contributed by atoms with Crippen LogP contribution < -0.4 is 14.8 Å². The first-order valence-electron chi connectivity index (χ1n) is 9.82. The Labute approximate surface area is 182 Å². The van der Waals surface area contributed by atoms with Crippen LogP contribution in [-0.2, 0) is 14.3 Å². The largest absolute Gasteiger partial charge is 0.490 e. The Bertz CT molecular complexity index is 944. The second-order valence-electron chi connectivity index (χ2n) is 6.80. The van der Waals surface area contributed by atoms with E-state index in [9.17, 15) is 23.2 Å². The van der Waals surface area contributed by atoms with Gasteiger partial charge in [-0.05, 0) is 49.2 Å². The molecule has 32 heavy (non-hydrogen) atoms. The number of hydrogen-bond acceptors (Lipinski definition) is 7. The van der Waals surface area contributed by atoms with Gasteiger partial charge in [0.1, 0.15) is 23.7 Å². The molecule has 0 spiro atoms. The van der Waals surface area contributed by atoms with E-state index in [0.29, 0.717) is 19.0 Å². The van der Waals surface area contributed by atoms with Gasteiger partial charge < -0.3 is 18.9 Å². The number of carbonyl (C=O) groups is 3. The minimum absolute atomic E-state index is 0.0353. The summed E-state index contributed by atoms with van der Waals surface area (Å²) in [6.07, 6.45) is 1.80. The van der Waals surface area contributed by atoms with Gasteiger partial charge in [-0.15, -0.1) is 0 Å². The maximum Gasteiger partial charge on any atom is 0.387 e. The van der Waals surface area contributed by atoms with Crippen molar-refractivity contribution in [1.82, 2.24) is 5.32 Å². The van der Waals surface area contributed by atoms with Crippen molar-refractivity contribution in [3.63, 3.8) is 0 Å². The SMILES string of the molecule is O=C(COC(=O)c1ccccc1OCC1CCCO1)NC(=O)c1ccc(OC(F)F)cc1. The zero-order chi connectivity index (χ0) is 22.9. The summed E-state index contributed by atoms with van der Waals surface area (Å²) < 4.78 is 44.6. The van der Waals surface area contributed by atoms with Crippen molar-refractivity contribution in [2.24, 2.45) is 0 Å². The van der Waals surface area contributed by atoms with E-state index < -0.39 is 31.0 Å². The number of ether oxygens (including phenoxy) is 4. The van der Waals surface area contributed by atoms with Crippen LogP contribution in [-0.4, -0.2) is 50.3 Å². The molecule has 2 aromatic rings. The minimum Gasteiger partial charge on any atom is -0.490 e. The molecule has 0 bridgehead atoms. The monoisotopic (exact) mass is 449 g/mol. The molecule has 1 saturated heterocycles. The number of amides is 2. The van der Waals surface area contributed by atoms with Gasteiger partial charge in [0.15, 0.2) is 6.61 Å². The normalized spacial score (nSPS) is 15.3. The highest BCUT2D eigenvalue weighted by Gasteiger charge is 2.20. The topological polar surface area (TPSA) is 100 Å². The molecule has 0 aliphatic carbocycles. The lowest BCUT2D eigenvalue weighted by Crippen LogP contribution is -2.34. The van der Waals surface area contributed by atoms with E-state index in [1.54, 1.807) is 18.2 Å². The first-order valence-corrected chi connectivity index (χ1v) is 9.82. The van der Waals surface area contributed by atoms with E-state index in [0.717, 1.165) is 12.8 Å². The smallest absolute Gasteiger partial charge is 0.387 e. The molecular weight excluding hydrogens is 428 g/mol. The van der Waals surface area contributed by atoms with Gasteiger partial charge in [0.05, 0.1) is 6.10 Å². The zero-order valence-electron chi connectivity index (χ0n) is 16.9. The fourth-order valence-electron chi connectivity index (χ4n) is 2.95. The third-order valence-electron chi connectivity index (χ3n) is 4.48. The van der Waals surface area contributed by atoms with Crippen LogP contribution in [0.3, 0.4) is 0 Å². The molecule has 1 aliphatic rings. The van der Waals surface area contributed by atoms with Crippen molar-refractivity contribution in [3.8, 4) is 11.5 Å². The number of rotatable bonds is 9. The second kappa shape index (κ2) is 11.2. The summed E-state index contributed by atoms with van der Waals surface area (Å²) in [5.41, 5.74) is 0.179. The van der Waals surface area contributed by atoms with Crippen molar-refractivity contribution in [2.75, 3.05) is 19.8 Å². The highest BCUT2D eigenvalue weighted by atomic mass is 19.3. The standard InChI is InChI=1S/C22H21F2NO7/c23-22(24)32-15-9-7-14(8-10-15)20(27)25-19(26)13-31-21(28)17-5-1-2-6-18(17)30-12-16-4-3-11-29-16/h1-2,5-10,16,22H,3-4,11-13H2,(H,25,26,27). The van der Waals surface area contributed by atoms with Crippen LogP contribution in [0.5, 0.6) is 11.5 Å². The molecule has 0 aromatic heterocycles. The number of nitrogens with one attached hydrogen (secondary N) is 1. The zero-order valence-corrected chi connectivity index (χ0v) is 16.9. The molecule has 2 amide bonds. The molecule has 10 heteroatoms. The summed E-state index contributed by atoms with van der Waals surface area (Å²) >= 11 is 0. The fourth-order valence-corrected chi connectivity index (χ4v) is 2.95. The van der Waals surface area contributed by atoms with Gasteiger partial charge in [0.25, 0.3) is 11.8 Å². The van der Waals surface area contributed by atoms with Gasteiger partial charge in [-0.25, -0.2) is 4.79 Å². The molecule has 0 saturated carbocycles. The lowest BCUT2D eigenvalue weighted by molar-refractivity contribution is -0.123. The van der Waals surface area contributed by atoms with Gasteiger partial charge in [-0.1, -0.05) is 12.1 Å². The molecule has 1 N–H and O–H groups in total. The number of hydrogen-bond donors (Lipinski definition) is 1. The van der Waals surface area contributed by atoms with E-state index in [2.05, 4.69) is 4.74 Å². The molecule has 2 aromatic carbocycles. The average molecular weight is 449 g/mol. The van der Waals surface area contributed by atoms with Crippen LogP contribution in [0.15, 0.2) is 48.5 Å². The molecule has 1 unspecified atom stereocenters. The highest BCUT2D eigenvalue weighted by Crippen LogP contribution is 2.21. The Morgan fingerprint density at radius 1 is 1.09 bits per heavy atom. The maximum atomic E-state index is 12.4. The highest BCUT2D eigenvalue weighted by molar-refractivity contribution is 6.05. The van der Waals surface area contributed by atoms with Gasteiger partial charge in [0.2, 0.25) is 0 Å². The summed E-state index contributed by atoms with van der Waals surface area (Å²) in [6.45, 7) is -2.71. The minimum atomic E-state index is -2.99. The quantitative estimate of drug-likeness (QED) is 0.588. The molecule has 1 fully saturated rings. The molecular formula is C22H21F2NO7. The van der Waals surface area contributed by atoms with Crippen molar-refractivity contribution in [3.05, 3.63) is 59.7 Å². The van der Waals surface area contributed by atoms with Crippen LogP contribution >= 0.6 is 0 Å². The van der Waals surface area contributed by atoms with E-state index in [4.69, 9.17) is 14.2 Å². The Morgan fingerprint density at radius 2 is 1.84 bits per heavy atom. The van der Waals surface area contributed by atoms with Crippen molar-refractivity contribution in [2.45, 2.75) is 25.6 Å². The number of para-hydroxylation sites is 1. The summed E-state index contributed by atoms with van der Waals surface area (Å²) in [7, 11) is 0. The first kappa shape index (κ1) is 23.1. The van der Waals surface area contributed by atoms with Gasteiger partial charge in [-0.3, -0.25) is 14.9 Å². The number of carbonyl (C=O) groups excluding carboxylic acids is 3. The van der Waals surface area contributed by atoms with Crippen molar-refractivity contribution in [1.29, 1.82) is 0 Å². The number of esters is 1. The Balaban J connectivity index is 1.49. The Hall–Kier alpha value is -3.53. The summed E-state index contributed by atoms with van der Waals surface area (Å²) in [5, 5.41) is 2.05. The van der Waals surface area contributed by atoms with E-state index in [1.165, 1.54) is 30.3 Å². The Kier molecular flexibility index (Phi) is 8.09. The summed E-state index contributed by atoms with van der Waals surface area (Å²) in [4.78, 5) is 36.4. The maximum absolute atomic E-state index is 12.4. The van der Waals surface area contributed by atoms with Gasteiger partial charge in [-0.2, -0.15) is 8.78 Å². The molecule has 170 valence electrons. The van der Waals surface area contributed by atoms with Crippen LogP contribution in [0, 0.1) is 0 Å². The lowest BCUT2D eigenvalue weighted by atomic mass is 10.2. The number of imide groups is 1. The number of alkyl halides is 2. The molecule has 1 heterocycles. The second-order valence-corrected chi connectivity index (χ2v) is 6.80. The van der Waals surface area contributed by atoms with Crippen LogP contribution in [0.25, 0.3) is 0 Å². The van der Waals surface area contributed by atoms with Crippen LogP contribution in [0.1, 0.15) is 33.6 Å². The van der Waals surface area contributed by atoms with E-state index in [-0.39, 0.29) is 23.0 Å². The predicted octanol–water partition coefficient (Wildman–Crippen LogP) is 2.96. The molecule has 0 radical (unpaired) electrons. The van der Waals surface area contributed by atoms with E-state index in [1.807, 2.05) is 5.32 Å². The van der Waals surface area contributed by atoms with Crippen LogP contribution in [0.4, 0.5) is 8.78 Å². The third-order valence-corrected chi connectivity index (χ3v) is 4.48. The number of benzene rings is 2. The van der Waals surface area contributed by atoms with Crippen molar-refractivity contribution >= 4 is 17.8 Å². The van der Waals surface area contributed by atoms with Gasteiger partial charge in [0, 0.05) is 12.2 Å². The summed E-state index contributed by atoms with van der Waals surface area (Å²) in [5.74, 6) is -2.25. The Morgan fingerprint density at radius 3 is 2.53 bits per heavy atom. The van der Waals surface area contributed by atoms with Crippen molar-refractivity contribution < 1.29 is 42.1 Å². The van der Waals surface area contributed by atoms with E-state index >= 15 is 0 Å². The first-order chi connectivity index (χ1) is 15.4. The average Bonchev–Trinajstić information content (AvgIpc) is 3.30. The third kappa shape index (κ3) is 6.74. The predicted molar refractivity (Wildman–Crippen MR) is 107 cm³/mol. The molecule has 8 nitrogen and oxygen atoms in total. The fraction of sp³-hybridized carbons (Fsp3) is 0.318.